The van der Waals surface area contributed by atoms with Gasteiger partial charge in [0.15, 0.2) is 0 Å². The Kier molecular flexibility index (Phi) is 7.29. The third kappa shape index (κ3) is 5.28. The van der Waals surface area contributed by atoms with Crippen LogP contribution in [0.25, 0.3) is 32.9 Å². The fourth-order valence-electron chi connectivity index (χ4n) is 5.19. The number of ether oxygens (including phenoxy) is 1. The van der Waals surface area contributed by atoms with E-state index in [-0.39, 0.29) is 28.3 Å². The number of benzene rings is 4. The molecule has 1 atom stereocenters. The lowest BCUT2D eigenvalue weighted by Crippen LogP contribution is -2.18. The number of aromatic nitrogens is 2. The molecule has 0 amide bonds. The van der Waals surface area contributed by atoms with Gasteiger partial charge in [0.25, 0.3) is 0 Å². The summed E-state index contributed by atoms with van der Waals surface area (Å²) < 4.78 is 26.1. The zero-order valence-electron chi connectivity index (χ0n) is 23.5. The van der Waals surface area contributed by atoms with E-state index in [0.717, 1.165) is 16.5 Å². The van der Waals surface area contributed by atoms with Gasteiger partial charge in [0.05, 0.1) is 34.9 Å². The molecule has 4 N–H and O–H groups in total. The van der Waals surface area contributed by atoms with E-state index in [2.05, 4.69) is 15.3 Å². The molecule has 1 unspecified atom stereocenters. The second-order valence-electron chi connectivity index (χ2n) is 10.1. The van der Waals surface area contributed by atoms with Gasteiger partial charge in [-0.05, 0) is 72.6 Å². The number of anilines is 2. The highest BCUT2D eigenvalue weighted by Crippen LogP contribution is 2.33. The molecule has 0 spiro atoms. The van der Waals surface area contributed by atoms with Crippen LogP contribution in [0.4, 0.5) is 16.0 Å². The van der Waals surface area contributed by atoms with E-state index in [1.54, 1.807) is 43.3 Å². The fraction of sp³-hybridized carbons (Fsp3) is 0.118. The van der Waals surface area contributed by atoms with Crippen LogP contribution < -0.4 is 21.2 Å². The lowest BCUT2D eigenvalue weighted by Gasteiger charge is -2.20. The topological polar surface area (TPSA) is 127 Å². The van der Waals surface area contributed by atoms with Crippen LogP contribution in [0.2, 0.25) is 0 Å². The van der Waals surface area contributed by atoms with E-state index in [1.807, 2.05) is 43.3 Å². The molecule has 214 valence electrons. The summed E-state index contributed by atoms with van der Waals surface area (Å²) in [7, 11) is 0. The minimum Gasteiger partial charge on any atom is -0.494 e. The molecule has 0 radical (unpaired) electrons. The van der Waals surface area contributed by atoms with Gasteiger partial charge >= 0.3 is 0 Å². The standard InChI is InChI=1S/C34H28FN5O3/c1-3-42-25-14-13-20-15-23(12-11-21(20)17-25)30(36)29-33(37)38-18-39-34(29)40-19(2)32-28(22-7-6-8-24(35)16-22)31(41)26-9-4-5-10-27(26)43-32/h4-19,36H,3H2,1-2H3,(H3,37,38,39,40). The molecule has 0 aliphatic carbocycles. The molecule has 6 rings (SSSR count). The van der Waals surface area contributed by atoms with Gasteiger partial charge in [-0.1, -0.05) is 42.5 Å². The first-order chi connectivity index (χ1) is 20.8. The van der Waals surface area contributed by atoms with Gasteiger partial charge in [-0.3, -0.25) is 10.2 Å². The number of nitrogens with one attached hydrogen (secondary N) is 2. The van der Waals surface area contributed by atoms with Crippen molar-refractivity contribution >= 4 is 39.1 Å². The minimum atomic E-state index is -0.634. The SMILES string of the molecule is CCOc1ccc2cc(C(=N)c3c(N)ncnc3NC(C)c3oc4ccccc4c(=O)c3-c3cccc(F)c3)ccc2c1. The third-order valence-electron chi connectivity index (χ3n) is 7.22. The van der Waals surface area contributed by atoms with E-state index in [0.29, 0.717) is 40.0 Å². The molecule has 4 aromatic carbocycles. The summed E-state index contributed by atoms with van der Waals surface area (Å²) in [6.45, 7) is 4.30. The van der Waals surface area contributed by atoms with Crippen molar-refractivity contribution in [3.05, 3.63) is 124 Å². The van der Waals surface area contributed by atoms with Crippen molar-refractivity contribution in [1.29, 1.82) is 5.41 Å². The van der Waals surface area contributed by atoms with E-state index in [1.165, 1.54) is 18.5 Å². The molecule has 0 saturated carbocycles. The maximum Gasteiger partial charge on any atom is 0.200 e. The van der Waals surface area contributed by atoms with Crippen molar-refractivity contribution in [3.63, 3.8) is 0 Å². The number of nitrogens with zero attached hydrogens (tertiary/aromatic N) is 2. The second-order valence-corrected chi connectivity index (χ2v) is 10.1. The molecular formula is C34H28FN5O3. The highest BCUT2D eigenvalue weighted by Gasteiger charge is 2.24. The summed E-state index contributed by atoms with van der Waals surface area (Å²) in [5.74, 6) is 1.00. The number of nitrogens with two attached hydrogens (primary N) is 1. The van der Waals surface area contributed by atoms with Gasteiger partial charge in [0.1, 0.15) is 40.9 Å². The summed E-state index contributed by atoms with van der Waals surface area (Å²) in [6.07, 6.45) is 1.31. The average Bonchev–Trinajstić information content (AvgIpc) is 3.00. The van der Waals surface area contributed by atoms with Crippen LogP contribution in [-0.2, 0) is 0 Å². The fourth-order valence-corrected chi connectivity index (χ4v) is 5.19. The Morgan fingerprint density at radius 2 is 1.81 bits per heavy atom. The van der Waals surface area contributed by atoms with Crippen molar-refractivity contribution in [2.45, 2.75) is 19.9 Å². The number of rotatable bonds is 8. The first kappa shape index (κ1) is 27.6. The monoisotopic (exact) mass is 573 g/mol. The number of hydrogen-bond acceptors (Lipinski definition) is 8. The van der Waals surface area contributed by atoms with Crippen molar-refractivity contribution in [3.8, 4) is 16.9 Å². The predicted molar refractivity (Wildman–Crippen MR) is 167 cm³/mol. The average molecular weight is 574 g/mol. The molecule has 0 saturated heterocycles. The van der Waals surface area contributed by atoms with Crippen LogP contribution in [0.15, 0.2) is 100 Å². The van der Waals surface area contributed by atoms with Gasteiger partial charge in [-0.2, -0.15) is 0 Å². The first-order valence-electron chi connectivity index (χ1n) is 13.8. The largest absolute Gasteiger partial charge is 0.494 e. The summed E-state index contributed by atoms with van der Waals surface area (Å²) in [5, 5.41) is 14.7. The van der Waals surface area contributed by atoms with E-state index < -0.39 is 11.9 Å². The van der Waals surface area contributed by atoms with Gasteiger partial charge < -0.3 is 20.2 Å². The Labute approximate surface area is 246 Å². The van der Waals surface area contributed by atoms with Crippen molar-refractivity contribution < 1.29 is 13.5 Å². The number of fused-ring (bicyclic) bond motifs is 2. The van der Waals surface area contributed by atoms with Gasteiger partial charge in [-0.25, -0.2) is 14.4 Å². The molecule has 43 heavy (non-hydrogen) atoms. The number of halogens is 1. The molecular weight excluding hydrogens is 545 g/mol. The molecule has 6 aromatic rings. The lowest BCUT2D eigenvalue weighted by molar-refractivity contribution is 0.341. The zero-order valence-corrected chi connectivity index (χ0v) is 23.5. The third-order valence-corrected chi connectivity index (χ3v) is 7.22. The predicted octanol–water partition coefficient (Wildman–Crippen LogP) is 7.11. The quantitative estimate of drug-likeness (QED) is 0.166. The Bertz CT molecular complexity index is 2070. The highest BCUT2D eigenvalue weighted by molar-refractivity contribution is 6.17. The Hall–Kier alpha value is -5.57. The van der Waals surface area contributed by atoms with Gasteiger partial charge in [-0.15, -0.1) is 0 Å². The van der Waals surface area contributed by atoms with Crippen LogP contribution in [0.3, 0.4) is 0 Å². The number of hydrogen-bond donors (Lipinski definition) is 3. The first-order valence-corrected chi connectivity index (χ1v) is 13.8. The normalized spacial score (nSPS) is 11.9. The Morgan fingerprint density at radius 3 is 2.63 bits per heavy atom. The van der Waals surface area contributed by atoms with E-state index in [9.17, 15) is 9.18 Å². The van der Waals surface area contributed by atoms with E-state index in [4.69, 9.17) is 20.3 Å². The van der Waals surface area contributed by atoms with Crippen LogP contribution in [0.5, 0.6) is 5.75 Å². The molecule has 8 nitrogen and oxygen atoms in total. The molecule has 0 fully saturated rings. The van der Waals surface area contributed by atoms with Crippen molar-refractivity contribution in [2.24, 2.45) is 0 Å². The zero-order chi connectivity index (χ0) is 30.1. The van der Waals surface area contributed by atoms with Crippen LogP contribution >= 0.6 is 0 Å². The molecule has 0 bridgehead atoms. The van der Waals surface area contributed by atoms with Crippen molar-refractivity contribution in [2.75, 3.05) is 17.7 Å². The van der Waals surface area contributed by atoms with Crippen LogP contribution in [-0.4, -0.2) is 22.3 Å². The number of para-hydroxylation sites is 1. The number of nitrogen functional groups attached to an aromatic ring is 1. The Balaban J connectivity index is 1.41. The van der Waals surface area contributed by atoms with Gasteiger partial charge in [0.2, 0.25) is 5.43 Å². The smallest absolute Gasteiger partial charge is 0.200 e. The Morgan fingerprint density at radius 1 is 1.02 bits per heavy atom. The molecule has 0 aliphatic heterocycles. The highest BCUT2D eigenvalue weighted by atomic mass is 19.1. The summed E-state index contributed by atoms with van der Waals surface area (Å²) in [5.41, 5.74) is 8.09. The minimum absolute atomic E-state index is 0.117. The van der Waals surface area contributed by atoms with Crippen molar-refractivity contribution in [1.82, 2.24) is 9.97 Å². The van der Waals surface area contributed by atoms with E-state index >= 15 is 0 Å². The van der Waals surface area contributed by atoms with Crippen LogP contribution in [0.1, 0.15) is 36.8 Å². The summed E-state index contributed by atoms with van der Waals surface area (Å²) in [6, 6.07) is 23.6. The summed E-state index contributed by atoms with van der Waals surface area (Å²) in [4.78, 5) is 22.3. The maximum absolute atomic E-state index is 14.3. The lowest BCUT2D eigenvalue weighted by atomic mass is 9.98. The van der Waals surface area contributed by atoms with Crippen LogP contribution in [0, 0.1) is 11.2 Å². The molecule has 2 aromatic heterocycles. The summed E-state index contributed by atoms with van der Waals surface area (Å²) >= 11 is 0. The molecule has 0 aliphatic rings. The molecule has 9 heteroatoms. The second kappa shape index (κ2) is 11.4. The maximum atomic E-state index is 14.3. The van der Waals surface area contributed by atoms with Gasteiger partial charge in [0, 0.05) is 5.56 Å². The molecule has 2 heterocycles.